The van der Waals surface area contributed by atoms with Gasteiger partial charge in [-0.2, -0.15) is 5.10 Å². The van der Waals surface area contributed by atoms with Crippen LogP contribution in [0.5, 0.6) is 0 Å². The minimum absolute atomic E-state index is 0.131. The van der Waals surface area contributed by atoms with Gasteiger partial charge >= 0.3 is 5.97 Å². The van der Waals surface area contributed by atoms with Gasteiger partial charge in [-0.15, -0.1) is 0 Å². The molecule has 4 rings (SSSR count). The van der Waals surface area contributed by atoms with Crippen LogP contribution >= 0.6 is 15.9 Å². The van der Waals surface area contributed by atoms with Gasteiger partial charge < -0.3 is 10.1 Å². The van der Waals surface area contributed by atoms with Crippen molar-refractivity contribution >= 4 is 39.3 Å². The largest absolute Gasteiger partial charge is 0.464 e. The van der Waals surface area contributed by atoms with Crippen molar-refractivity contribution in [3.05, 3.63) is 100 Å². The Morgan fingerprint density at radius 1 is 0.912 bits per heavy atom. The summed E-state index contributed by atoms with van der Waals surface area (Å²) in [5, 5.41) is 7.00. The second kappa shape index (κ2) is 9.84. The highest BCUT2D eigenvalue weighted by Crippen LogP contribution is 2.31. The highest BCUT2D eigenvalue weighted by molar-refractivity contribution is 9.10. The van der Waals surface area contributed by atoms with Crippen molar-refractivity contribution in [3.8, 4) is 16.9 Å². The summed E-state index contributed by atoms with van der Waals surface area (Å²) in [7, 11) is 1.20. The Bertz CT molecular complexity index is 1360. The van der Waals surface area contributed by atoms with Crippen molar-refractivity contribution in [3.63, 3.8) is 0 Å². The van der Waals surface area contributed by atoms with Gasteiger partial charge in [0.2, 0.25) is 0 Å². The number of aromatic nitrogens is 2. The average Bonchev–Trinajstić information content (AvgIpc) is 3.26. The Morgan fingerprint density at radius 3 is 2.18 bits per heavy atom. The fourth-order valence-corrected chi connectivity index (χ4v) is 3.71. The number of nitrogens with zero attached hydrogens (tertiary/aromatic N) is 2. The van der Waals surface area contributed by atoms with Crippen LogP contribution in [0.3, 0.4) is 0 Å². The van der Waals surface area contributed by atoms with E-state index >= 15 is 0 Å². The molecule has 170 valence electrons. The molecule has 1 heterocycles. The summed E-state index contributed by atoms with van der Waals surface area (Å²) >= 11 is 3.33. The lowest BCUT2D eigenvalue weighted by Gasteiger charge is -2.10. The number of amides is 1. The van der Waals surface area contributed by atoms with E-state index in [0.717, 1.165) is 10.0 Å². The van der Waals surface area contributed by atoms with Crippen LogP contribution in [0.4, 0.5) is 5.69 Å². The lowest BCUT2D eigenvalue weighted by Crippen LogP contribution is -2.25. The van der Waals surface area contributed by atoms with E-state index in [1.165, 1.54) is 11.8 Å². The maximum Gasteiger partial charge on any atom is 0.359 e. The van der Waals surface area contributed by atoms with Gasteiger partial charge in [-0.1, -0.05) is 64.0 Å². The van der Waals surface area contributed by atoms with Crippen molar-refractivity contribution in [2.45, 2.75) is 6.92 Å². The number of halogens is 1. The number of carbonyl (C=O) groups excluding carboxylic acids is 3. The second-order valence-corrected chi connectivity index (χ2v) is 8.38. The summed E-state index contributed by atoms with van der Waals surface area (Å²) in [4.78, 5) is 39.1. The first-order valence-electron chi connectivity index (χ1n) is 10.3. The van der Waals surface area contributed by atoms with Crippen LogP contribution in [0.25, 0.3) is 16.9 Å². The number of hydrogen-bond donors (Lipinski definition) is 1. The van der Waals surface area contributed by atoms with Crippen LogP contribution in [0.15, 0.2) is 83.3 Å². The molecule has 0 saturated carbocycles. The monoisotopic (exact) mass is 517 g/mol. The van der Waals surface area contributed by atoms with Crippen molar-refractivity contribution in [2.75, 3.05) is 12.4 Å². The Hall–Kier alpha value is -4.04. The minimum atomic E-state index is -0.902. The molecule has 1 N–H and O–H groups in total. The van der Waals surface area contributed by atoms with E-state index in [0.29, 0.717) is 22.6 Å². The van der Waals surface area contributed by atoms with Crippen LogP contribution in [-0.4, -0.2) is 34.6 Å². The molecule has 1 amide bonds. The Morgan fingerprint density at radius 2 is 1.56 bits per heavy atom. The smallest absolute Gasteiger partial charge is 0.359 e. The van der Waals surface area contributed by atoms with E-state index in [-0.39, 0.29) is 11.3 Å². The molecule has 0 spiro atoms. The molecule has 0 aliphatic carbocycles. The lowest BCUT2D eigenvalue weighted by atomic mass is 10.0. The fourth-order valence-electron chi connectivity index (χ4n) is 3.44. The van der Waals surface area contributed by atoms with Crippen LogP contribution < -0.4 is 5.32 Å². The molecule has 0 bridgehead atoms. The molecular formula is C26H20BrN3O4. The van der Waals surface area contributed by atoms with Gasteiger partial charge in [-0.25, -0.2) is 9.48 Å². The van der Waals surface area contributed by atoms with Gasteiger partial charge in [0.05, 0.1) is 24.1 Å². The number of ketones is 1. The number of carbonyl (C=O) groups is 3. The quantitative estimate of drug-likeness (QED) is 0.215. The third-order valence-corrected chi connectivity index (χ3v) is 5.65. The van der Waals surface area contributed by atoms with E-state index in [2.05, 4.69) is 26.3 Å². The number of rotatable bonds is 6. The molecule has 3 aromatic carbocycles. The molecule has 0 fully saturated rings. The number of benzene rings is 3. The maximum absolute atomic E-state index is 13.5. The number of nitrogens with one attached hydrogen (secondary N) is 1. The topological polar surface area (TPSA) is 90.3 Å². The zero-order valence-corrected chi connectivity index (χ0v) is 20.0. The summed E-state index contributed by atoms with van der Waals surface area (Å²) in [6.07, 6.45) is 0. The lowest BCUT2D eigenvalue weighted by molar-refractivity contribution is -0.112. The fraction of sp³-hybridized carbons (Fsp3) is 0.0769. The first-order valence-corrected chi connectivity index (χ1v) is 11.1. The third kappa shape index (κ3) is 4.67. The van der Waals surface area contributed by atoms with E-state index in [4.69, 9.17) is 4.74 Å². The Kier molecular flexibility index (Phi) is 6.70. The first kappa shape index (κ1) is 23.1. The molecule has 8 heteroatoms. The minimum Gasteiger partial charge on any atom is -0.464 e. The predicted octanol–water partition coefficient (Wildman–Crippen LogP) is 5.22. The highest BCUT2D eigenvalue weighted by Gasteiger charge is 2.33. The molecule has 0 aliphatic rings. The van der Waals surface area contributed by atoms with E-state index < -0.39 is 17.7 Å². The number of anilines is 1. The van der Waals surface area contributed by atoms with Gasteiger partial charge in [0.15, 0.2) is 5.69 Å². The second-order valence-electron chi connectivity index (χ2n) is 7.47. The van der Waals surface area contributed by atoms with Crippen molar-refractivity contribution in [1.82, 2.24) is 9.78 Å². The summed E-state index contributed by atoms with van der Waals surface area (Å²) in [6.45, 7) is 1.95. The van der Waals surface area contributed by atoms with Gasteiger partial charge in [0, 0.05) is 15.7 Å². The van der Waals surface area contributed by atoms with Crippen LogP contribution in [0.2, 0.25) is 0 Å². The third-order valence-electron chi connectivity index (χ3n) is 5.13. The van der Waals surface area contributed by atoms with Gasteiger partial charge in [-0.3, -0.25) is 9.59 Å². The number of hydrogen-bond acceptors (Lipinski definition) is 5. The normalized spacial score (nSPS) is 10.6. The zero-order valence-electron chi connectivity index (χ0n) is 18.4. The van der Waals surface area contributed by atoms with E-state index in [1.54, 1.807) is 48.5 Å². The zero-order chi connectivity index (χ0) is 24.2. The molecule has 0 radical (unpaired) electrons. The number of ether oxygens (including phenoxy) is 1. The standard InChI is InChI=1S/C26H20BrN3O4/c1-16-8-14-20(15-9-16)30-23(17-6-4-3-5-7-17)21(22(29-30)26(33)34-2)24(31)25(32)28-19-12-10-18(27)11-13-19/h3-15H,1-2H3,(H,28,32). The molecule has 7 nitrogen and oxygen atoms in total. The molecule has 0 atom stereocenters. The van der Waals surface area contributed by atoms with Crippen molar-refractivity contribution in [2.24, 2.45) is 0 Å². The number of esters is 1. The molecular weight excluding hydrogens is 498 g/mol. The molecule has 34 heavy (non-hydrogen) atoms. The summed E-state index contributed by atoms with van der Waals surface area (Å²) in [6, 6.07) is 23.2. The van der Waals surface area contributed by atoms with Gasteiger partial charge in [-0.05, 0) is 43.3 Å². The molecule has 0 aliphatic heterocycles. The number of aryl methyl sites for hydroxylation is 1. The predicted molar refractivity (Wildman–Crippen MR) is 132 cm³/mol. The first-order chi connectivity index (χ1) is 16.4. The Labute approximate surface area is 204 Å². The molecule has 1 aromatic heterocycles. The van der Waals surface area contributed by atoms with Crippen molar-refractivity contribution < 1.29 is 19.1 Å². The summed E-state index contributed by atoms with van der Waals surface area (Å²) in [5.41, 5.74) is 2.67. The maximum atomic E-state index is 13.5. The molecule has 0 unspecified atom stereocenters. The summed E-state index contributed by atoms with van der Waals surface area (Å²) in [5.74, 6) is -2.61. The van der Waals surface area contributed by atoms with Crippen LogP contribution in [-0.2, 0) is 9.53 Å². The van der Waals surface area contributed by atoms with Crippen LogP contribution in [0, 0.1) is 6.92 Å². The van der Waals surface area contributed by atoms with E-state index in [9.17, 15) is 14.4 Å². The van der Waals surface area contributed by atoms with Gasteiger partial charge in [0.25, 0.3) is 11.7 Å². The van der Waals surface area contributed by atoms with E-state index in [1.807, 2.05) is 37.3 Å². The molecule has 4 aromatic rings. The Balaban J connectivity index is 1.89. The SMILES string of the molecule is COC(=O)c1nn(-c2ccc(C)cc2)c(-c2ccccc2)c1C(=O)C(=O)Nc1ccc(Br)cc1. The van der Waals surface area contributed by atoms with Gasteiger partial charge in [0.1, 0.15) is 0 Å². The highest BCUT2D eigenvalue weighted by atomic mass is 79.9. The number of Topliss-reactive ketones (excluding diaryl/α,β-unsaturated/α-hetero) is 1. The van der Waals surface area contributed by atoms with Crippen LogP contribution in [0.1, 0.15) is 26.4 Å². The average molecular weight is 518 g/mol. The molecule has 0 saturated heterocycles. The number of methoxy groups -OCH3 is 1. The summed E-state index contributed by atoms with van der Waals surface area (Å²) < 4.78 is 7.21. The van der Waals surface area contributed by atoms with Crippen molar-refractivity contribution in [1.29, 1.82) is 0 Å².